The first-order valence-electron chi connectivity index (χ1n) is 9.87. The van der Waals surface area contributed by atoms with E-state index in [4.69, 9.17) is 5.73 Å². The summed E-state index contributed by atoms with van der Waals surface area (Å²) in [7, 11) is 0. The maximum atomic E-state index is 12.6. The van der Waals surface area contributed by atoms with Gasteiger partial charge in [-0.3, -0.25) is 9.59 Å². The molecule has 0 radical (unpaired) electrons. The van der Waals surface area contributed by atoms with Gasteiger partial charge in [0.1, 0.15) is 5.78 Å². The van der Waals surface area contributed by atoms with Crippen molar-refractivity contribution in [1.29, 1.82) is 0 Å². The molecule has 0 aliphatic heterocycles. The number of carbonyl (C=O) groups is 2. The first kappa shape index (κ1) is 16.5. The monoisotopic (exact) mass is 329 g/mol. The second-order valence-corrected chi connectivity index (χ2v) is 9.30. The Balaban J connectivity index is 1.76. The third-order valence-corrected chi connectivity index (χ3v) is 8.38. The number of rotatable bonds is 2. The molecular weight excluding hydrogens is 298 g/mol. The van der Waals surface area contributed by atoms with Gasteiger partial charge in [-0.1, -0.05) is 19.4 Å². The van der Waals surface area contributed by atoms with Crippen molar-refractivity contribution in [2.75, 3.05) is 6.54 Å². The Morgan fingerprint density at radius 3 is 2.58 bits per heavy atom. The molecule has 6 atom stereocenters. The quantitative estimate of drug-likeness (QED) is 0.841. The Morgan fingerprint density at radius 1 is 1.08 bits per heavy atom. The van der Waals surface area contributed by atoms with Crippen molar-refractivity contribution in [2.45, 2.75) is 65.2 Å². The molecule has 0 heterocycles. The van der Waals surface area contributed by atoms with E-state index in [0.717, 1.165) is 44.9 Å². The summed E-state index contributed by atoms with van der Waals surface area (Å²) in [6.45, 7) is 5.35. The van der Waals surface area contributed by atoms with Crippen LogP contribution in [0.2, 0.25) is 0 Å². The molecule has 3 heteroatoms. The number of allylic oxidation sites excluding steroid dienone is 1. The highest BCUT2D eigenvalue weighted by atomic mass is 16.1. The molecule has 0 saturated heterocycles. The topological polar surface area (TPSA) is 60.2 Å². The van der Waals surface area contributed by atoms with Crippen LogP contribution in [-0.4, -0.2) is 18.1 Å². The summed E-state index contributed by atoms with van der Waals surface area (Å²) in [4.78, 5) is 24.6. The summed E-state index contributed by atoms with van der Waals surface area (Å²) in [6.07, 6.45) is 9.78. The molecular formula is C21H31NO2. The Bertz CT molecular complexity index is 609. The standard InChI is InChI=1S/C21H31NO2/c1-20-8-5-15(23)12-14(20)11-13(7-10-22)19-16-3-4-18(24)21(16,2)9-6-17(19)20/h12-13,16-17,19H,3-11,22H2,1-2H3/t13?,16?,17?,19?,20-,21-/m0/s1. The lowest BCUT2D eigenvalue weighted by Gasteiger charge is -2.59. The number of nitrogens with two attached hydrogens (primary N) is 1. The third-order valence-electron chi connectivity index (χ3n) is 8.38. The number of hydrogen-bond donors (Lipinski definition) is 1. The van der Waals surface area contributed by atoms with Crippen LogP contribution in [0.1, 0.15) is 65.2 Å². The molecule has 0 amide bonds. The zero-order chi connectivity index (χ0) is 17.1. The average Bonchev–Trinajstić information content (AvgIpc) is 2.85. The molecule has 3 fully saturated rings. The Morgan fingerprint density at radius 2 is 1.83 bits per heavy atom. The van der Waals surface area contributed by atoms with E-state index in [0.29, 0.717) is 48.2 Å². The molecule has 0 spiro atoms. The molecule has 24 heavy (non-hydrogen) atoms. The minimum atomic E-state index is -0.0872. The van der Waals surface area contributed by atoms with Crippen LogP contribution in [0.3, 0.4) is 0 Å². The highest BCUT2D eigenvalue weighted by Crippen LogP contribution is 2.66. The molecule has 0 aromatic carbocycles. The summed E-state index contributed by atoms with van der Waals surface area (Å²) in [5, 5.41) is 0. The van der Waals surface area contributed by atoms with Crippen LogP contribution in [0.25, 0.3) is 0 Å². The summed E-state index contributed by atoms with van der Waals surface area (Å²) < 4.78 is 0. The Labute approximate surface area is 145 Å². The van der Waals surface area contributed by atoms with Crippen LogP contribution in [0, 0.1) is 34.5 Å². The second-order valence-electron chi connectivity index (χ2n) is 9.30. The van der Waals surface area contributed by atoms with Crippen LogP contribution in [-0.2, 0) is 9.59 Å². The Kier molecular flexibility index (Phi) is 3.80. The number of hydrogen-bond acceptors (Lipinski definition) is 3. The summed E-state index contributed by atoms with van der Waals surface area (Å²) in [5.41, 5.74) is 7.44. The first-order valence-corrected chi connectivity index (χ1v) is 9.87. The average molecular weight is 329 g/mol. The maximum absolute atomic E-state index is 12.6. The van der Waals surface area contributed by atoms with E-state index in [1.54, 1.807) is 0 Å². The van der Waals surface area contributed by atoms with Gasteiger partial charge in [-0.05, 0) is 80.2 Å². The van der Waals surface area contributed by atoms with Gasteiger partial charge in [-0.2, -0.15) is 0 Å². The normalized spacial score (nSPS) is 47.7. The molecule has 4 aliphatic rings. The van der Waals surface area contributed by atoms with Gasteiger partial charge in [0.2, 0.25) is 0 Å². The zero-order valence-corrected chi connectivity index (χ0v) is 15.1. The van der Waals surface area contributed by atoms with Crippen molar-refractivity contribution in [3.63, 3.8) is 0 Å². The minimum Gasteiger partial charge on any atom is -0.330 e. The van der Waals surface area contributed by atoms with Gasteiger partial charge in [-0.15, -0.1) is 0 Å². The fourth-order valence-electron chi connectivity index (χ4n) is 6.99. The SMILES string of the molecule is C[C@]12CCC(=O)C=C1CC(CCN)C1C2CC[C@]2(C)C(=O)CCC12. The highest BCUT2D eigenvalue weighted by molar-refractivity contribution is 5.91. The van der Waals surface area contributed by atoms with Gasteiger partial charge in [-0.25, -0.2) is 0 Å². The molecule has 4 aliphatic carbocycles. The van der Waals surface area contributed by atoms with Crippen LogP contribution < -0.4 is 5.73 Å². The molecule has 0 aromatic rings. The summed E-state index contributed by atoms with van der Waals surface area (Å²) >= 11 is 0. The first-order chi connectivity index (χ1) is 11.4. The predicted molar refractivity (Wildman–Crippen MR) is 94.3 cm³/mol. The molecule has 4 rings (SSSR count). The number of Topliss-reactive ketones (excluding diaryl/α,β-unsaturated/α-hetero) is 1. The van der Waals surface area contributed by atoms with E-state index in [9.17, 15) is 9.59 Å². The highest BCUT2D eigenvalue weighted by Gasteiger charge is 2.61. The number of ketones is 2. The molecule has 3 nitrogen and oxygen atoms in total. The lowest BCUT2D eigenvalue weighted by molar-refractivity contribution is -0.135. The van der Waals surface area contributed by atoms with Gasteiger partial charge in [0, 0.05) is 18.3 Å². The van der Waals surface area contributed by atoms with Gasteiger partial charge in [0.15, 0.2) is 5.78 Å². The van der Waals surface area contributed by atoms with Crippen molar-refractivity contribution in [3.05, 3.63) is 11.6 Å². The van der Waals surface area contributed by atoms with Crippen LogP contribution in [0.15, 0.2) is 11.6 Å². The van der Waals surface area contributed by atoms with Crippen LogP contribution in [0.4, 0.5) is 0 Å². The molecule has 0 aromatic heterocycles. The maximum Gasteiger partial charge on any atom is 0.155 e. The molecule has 4 unspecified atom stereocenters. The van der Waals surface area contributed by atoms with Crippen molar-refractivity contribution in [2.24, 2.45) is 40.2 Å². The van der Waals surface area contributed by atoms with E-state index < -0.39 is 0 Å². The summed E-state index contributed by atoms with van der Waals surface area (Å²) in [6, 6.07) is 0. The molecule has 132 valence electrons. The van der Waals surface area contributed by atoms with Gasteiger partial charge in [0.05, 0.1) is 0 Å². The van der Waals surface area contributed by atoms with E-state index in [2.05, 4.69) is 13.8 Å². The Hall–Kier alpha value is -0.960. The predicted octanol–water partition coefficient (Wildman–Crippen LogP) is 3.66. The smallest absolute Gasteiger partial charge is 0.155 e. The van der Waals surface area contributed by atoms with Crippen molar-refractivity contribution < 1.29 is 9.59 Å². The van der Waals surface area contributed by atoms with E-state index in [1.807, 2.05) is 6.08 Å². The van der Waals surface area contributed by atoms with Gasteiger partial charge >= 0.3 is 0 Å². The molecule has 3 saturated carbocycles. The number of carbonyl (C=O) groups excluding carboxylic acids is 2. The number of fused-ring (bicyclic) bond motifs is 5. The lowest BCUT2D eigenvalue weighted by atomic mass is 9.45. The lowest BCUT2D eigenvalue weighted by Crippen LogP contribution is -2.54. The summed E-state index contributed by atoms with van der Waals surface area (Å²) in [5.74, 6) is 3.16. The molecule has 2 N–H and O–H groups in total. The van der Waals surface area contributed by atoms with E-state index >= 15 is 0 Å². The fraction of sp³-hybridized carbons (Fsp3) is 0.810. The van der Waals surface area contributed by atoms with Crippen molar-refractivity contribution in [1.82, 2.24) is 0 Å². The molecule has 0 bridgehead atoms. The minimum absolute atomic E-state index is 0.0872. The fourth-order valence-corrected chi connectivity index (χ4v) is 6.99. The largest absolute Gasteiger partial charge is 0.330 e. The van der Waals surface area contributed by atoms with Crippen molar-refractivity contribution in [3.8, 4) is 0 Å². The van der Waals surface area contributed by atoms with Crippen LogP contribution in [0.5, 0.6) is 0 Å². The van der Waals surface area contributed by atoms with Gasteiger partial charge in [0.25, 0.3) is 0 Å². The van der Waals surface area contributed by atoms with E-state index in [-0.39, 0.29) is 10.8 Å². The second kappa shape index (κ2) is 5.52. The zero-order valence-electron chi connectivity index (χ0n) is 15.1. The van der Waals surface area contributed by atoms with Crippen molar-refractivity contribution >= 4 is 11.6 Å². The van der Waals surface area contributed by atoms with E-state index in [1.165, 1.54) is 5.57 Å². The van der Waals surface area contributed by atoms with Gasteiger partial charge < -0.3 is 5.73 Å². The third kappa shape index (κ3) is 2.13. The van der Waals surface area contributed by atoms with Crippen LogP contribution >= 0.6 is 0 Å².